The van der Waals surface area contributed by atoms with E-state index in [-0.39, 0.29) is 0 Å². The van der Waals surface area contributed by atoms with Crippen LogP contribution in [-0.4, -0.2) is 5.11 Å². The summed E-state index contributed by atoms with van der Waals surface area (Å²) in [5, 5.41) is 6.43. The quantitative estimate of drug-likeness (QED) is 0.175. The third-order valence-electron chi connectivity index (χ3n) is 5.31. The van der Waals surface area contributed by atoms with Gasteiger partial charge in [0.25, 0.3) is 0 Å². The molecule has 35 heavy (non-hydrogen) atoms. The third kappa shape index (κ3) is 3.55. The van der Waals surface area contributed by atoms with Crippen LogP contribution < -0.4 is 0 Å². The van der Waals surface area contributed by atoms with Gasteiger partial charge in [-0.2, -0.15) is 0 Å². The minimum atomic E-state index is -2.58. The summed E-state index contributed by atoms with van der Waals surface area (Å²) in [6.45, 7) is 0. The summed E-state index contributed by atoms with van der Waals surface area (Å²) in [5.41, 5.74) is -4.92. The third-order valence-corrected chi connectivity index (χ3v) is 5.31. The van der Waals surface area contributed by atoms with Crippen LogP contribution in [0, 0.1) is 64.0 Å². The summed E-state index contributed by atoms with van der Waals surface area (Å²) in [6, 6.07) is 3.59. The zero-order valence-electron chi connectivity index (χ0n) is 16.6. The topological polar surface area (TPSA) is 20.2 Å². The fourth-order valence-electron chi connectivity index (χ4n) is 3.66. The van der Waals surface area contributed by atoms with Crippen molar-refractivity contribution in [3.8, 4) is 16.9 Å². The van der Waals surface area contributed by atoms with Crippen molar-refractivity contribution < 1.29 is 53.4 Å². The van der Waals surface area contributed by atoms with E-state index in [0.717, 1.165) is 24.3 Å². The number of fused-ring (bicyclic) bond motifs is 1. The zero-order chi connectivity index (χ0) is 25.9. The molecule has 0 fully saturated rings. The fraction of sp³-hybridized carbons (Fsp3) is 0.0435. The zero-order valence-corrected chi connectivity index (χ0v) is 16.6. The van der Waals surface area contributed by atoms with Gasteiger partial charge in [0, 0.05) is 33.9 Å². The van der Waals surface area contributed by atoms with Crippen molar-refractivity contribution >= 4 is 10.8 Å². The second-order valence-corrected chi connectivity index (χ2v) is 7.26. The lowest BCUT2D eigenvalue weighted by molar-refractivity contribution is 0.371. The van der Waals surface area contributed by atoms with Gasteiger partial charge < -0.3 is 5.11 Å². The molecule has 0 saturated heterocycles. The van der Waals surface area contributed by atoms with Gasteiger partial charge in [0.05, 0.1) is 0 Å². The van der Waals surface area contributed by atoms with Crippen LogP contribution in [0.25, 0.3) is 21.9 Å². The fourth-order valence-corrected chi connectivity index (χ4v) is 3.66. The van der Waals surface area contributed by atoms with Crippen molar-refractivity contribution in [3.63, 3.8) is 0 Å². The normalized spacial score (nSPS) is 11.5. The number of phenolic OH excluding ortho intramolecular Hbond substituents is 1. The molecule has 0 atom stereocenters. The van der Waals surface area contributed by atoms with E-state index in [4.69, 9.17) is 0 Å². The molecular formula is C23H7F11O. The number of halogens is 11. The van der Waals surface area contributed by atoms with Gasteiger partial charge in [-0.15, -0.1) is 0 Å². The monoisotopic (exact) mass is 508 g/mol. The summed E-state index contributed by atoms with van der Waals surface area (Å²) in [7, 11) is 0. The van der Waals surface area contributed by atoms with E-state index in [2.05, 4.69) is 0 Å². The van der Waals surface area contributed by atoms with Crippen LogP contribution in [0.1, 0.15) is 11.1 Å². The van der Waals surface area contributed by atoms with E-state index in [9.17, 15) is 44.6 Å². The summed E-state index contributed by atoms with van der Waals surface area (Å²) in [5.74, 6) is -26.5. The average Bonchev–Trinajstić information content (AvgIpc) is 2.84. The SMILES string of the molecule is Oc1ccc(-c2c(F)c(F)c(Cc3c(F)c(F)c(F)c(F)c3F)c3c(F)c(F)c(F)c(F)c23)cc1. The largest absolute Gasteiger partial charge is 0.508 e. The van der Waals surface area contributed by atoms with E-state index < -0.39 is 109 Å². The molecule has 4 aromatic carbocycles. The molecular weight excluding hydrogens is 501 g/mol. The molecule has 1 N–H and O–H groups in total. The Morgan fingerprint density at radius 2 is 0.829 bits per heavy atom. The van der Waals surface area contributed by atoms with Gasteiger partial charge in [0.2, 0.25) is 5.82 Å². The van der Waals surface area contributed by atoms with Gasteiger partial charge >= 0.3 is 0 Å². The summed E-state index contributed by atoms with van der Waals surface area (Å²) >= 11 is 0. The minimum Gasteiger partial charge on any atom is -0.508 e. The van der Waals surface area contributed by atoms with Gasteiger partial charge in [0.15, 0.2) is 58.2 Å². The van der Waals surface area contributed by atoms with Crippen molar-refractivity contribution in [2.75, 3.05) is 0 Å². The molecule has 4 aromatic rings. The first-order chi connectivity index (χ1) is 16.4. The molecule has 0 saturated carbocycles. The highest BCUT2D eigenvalue weighted by molar-refractivity contribution is 6.00. The predicted octanol–water partition coefficient (Wildman–Crippen LogP) is 7.33. The molecule has 0 aliphatic rings. The van der Waals surface area contributed by atoms with E-state index in [1.54, 1.807) is 0 Å². The van der Waals surface area contributed by atoms with Crippen LogP contribution in [-0.2, 0) is 6.42 Å². The highest BCUT2D eigenvalue weighted by Gasteiger charge is 2.33. The number of rotatable bonds is 3. The molecule has 0 bridgehead atoms. The number of benzene rings is 4. The second-order valence-electron chi connectivity index (χ2n) is 7.26. The van der Waals surface area contributed by atoms with Crippen LogP contribution in [0.3, 0.4) is 0 Å². The Balaban J connectivity index is 2.17. The Kier molecular flexibility index (Phi) is 5.86. The molecule has 0 heterocycles. The lowest BCUT2D eigenvalue weighted by Crippen LogP contribution is -2.12. The highest BCUT2D eigenvalue weighted by Crippen LogP contribution is 2.42. The maximum atomic E-state index is 15.1. The lowest BCUT2D eigenvalue weighted by Gasteiger charge is -2.18. The molecule has 0 unspecified atom stereocenters. The molecule has 0 aliphatic heterocycles. The molecule has 0 radical (unpaired) electrons. The highest BCUT2D eigenvalue weighted by atomic mass is 19.2. The molecule has 0 aromatic heterocycles. The second kappa shape index (κ2) is 8.43. The predicted molar refractivity (Wildman–Crippen MR) is 99.8 cm³/mol. The Labute approximate surface area is 187 Å². The Morgan fingerprint density at radius 3 is 1.34 bits per heavy atom. The van der Waals surface area contributed by atoms with Crippen molar-refractivity contribution in [1.82, 2.24) is 0 Å². The van der Waals surface area contributed by atoms with Crippen molar-refractivity contribution in [3.05, 3.63) is 99.4 Å². The Bertz CT molecular complexity index is 1500. The Morgan fingerprint density at radius 1 is 0.429 bits per heavy atom. The first-order valence-corrected chi connectivity index (χ1v) is 9.33. The van der Waals surface area contributed by atoms with Gasteiger partial charge in [-0.1, -0.05) is 12.1 Å². The number of hydrogen-bond donors (Lipinski definition) is 1. The first kappa shape index (κ1) is 24.3. The van der Waals surface area contributed by atoms with Crippen LogP contribution in [0.4, 0.5) is 48.3 Å². The summed E-state index contributed by atoms with van der Waals surface area (Å²) in [6.07, 6.45) is -1.76. The average molecular weight is 508 g/mol. The molecule has 0 amide bonds. The van der Waals surface area contributed by atoms with Gasteiger partial charge in [-0.3, -0.25) is 0 Å². The molecule has 0 aliphatic carbocycles. The molecule has 182 valence electrons. The van der Waals surface area contributed by atoms with E-state index in [1.165, 1.54) is 0 Å². The number of phenols is 1. The minimum absolute atomic E-state index is 0.397. The van der Waals surface area contributed by atoms with Gasteiger partial charge in [0.1, 0.15) is 5.75 Å². The van der Waals surface area contributed by atoms with Crippen molar-refractivity contribution in [2.24, 2.45) is 0 Å². The Hall–Kier alpha value is -3.83. The van der Waals surface area contributed by atoms with Gasteiger partial charge in [-0.05, 0) is 17.7 Å². The van der Waals surface area contributed by atoms with E-state index in [1.807, 2.05) is 0 Å². The van der Waals surface area contributed by atoms with Crippen molar-refractivity contribution in [2.45, 2.75) is 6.42 Å². The number of hydrogen-bond acceptors (Lipinski definition) is 1. The molecule has 12 heteroatoms. The summed E-state index contributed by atoms with van der Waals surface area (Å²) in [4.78, 5) is 0. The maximum absolute atomic E-state index is 15.1. The van der Waals surface area contributed by atoms with E-state index >= 15 is 8.78 Å². The summed E-state index contributed by atoms with van der Waals surface area (Å²) < 4.78 is 157. The smallest absolute Gasteiger partial charge is 0.200 e. The van der Waals surface area contributed by atoms with Crippen molar-refractivity contribution in [1.29, 1.82) is 0 Å². The number of aromatic hydroxyl groups is 1. The standard InChI is InChI=1S/C23H7F11O/c24-13-8(5-9-14(25)19(30)23(34)20(31)15(9)26)11-12(18(29)22(33)21(32)17(11)28)10(16(13)27)6-1-3-7(35)4-2-6/h1-4,35H,5H2. The molecule has 0 spiro atoms. The lowest BCUT2D eigenvalue weighted by atomic mass is 9.90. The van der Waals surface area contributed by atoms with Crippen LogP contribution in [0.2, 0.25) is 0 Å². The van der Waals surface area contributed by atoms with Crippen LogP contribution >= 0.6 is 0 Å². The molecule has 1 nitrogen and oxygen atoms in total. The first-order valence-electron chi connectivity index (χ1n) is 9.33. The molecule has 4 rings (SSSR count). The van der Waals surface area contributed by atoms with E-state index in [0.29, 0.717) is 0 Å². The van der Waals surface area contributed by atoms with Crippen LogP contribution in [0.15, 0.2) is 24.3 Å². The maximum Gasteiger partial charge on any atom is 0.200 e. The van der Waals surface area contributed by atoms with Gasteiger partial charge in [-0.25, -0.2) is 48.3 Å². The van der Waals surface area contributed by atoms with Crippen LogP contribution in [0.5, 0.6) is 5.75 Å².